The van der Waals surface area contributed by atoms with Crippen molar-refractivity contribution in [1.29, 1.82) is 0 Å². The molecule has 0 N–H and O–H groups in total. The SMILES string of the molecule is CCOC(=O)/C=C/C(C)=C/[C@]1(C)C=C(C)C=C(C)[C@@H]1c1ccc([N+](=O)[O-])cc1. The molecular formula is C23H27NO4. The first-order chi connectivity index (χ1) is 13.2. The molecule has 0 amide bonds. The average Bonchev–Trinajstić information content (AvgIpc) is 2.59. The van der Waals surface area contributed by atoms with Crippen molar-refractivity contribution in [2.75, 3.05) is 6.61 Å². The molecule has 1 aliphatic carbocycles. The molecule has 0 aliphatic heterocycles. The van der Waals surface area contributed by atoms with E-state index in [0.29, 0.717) is 6.61 Å². The van der Waals surface area contributed by atoms with Crippen LogP contribution in [-0.2, 0) is 9.53 Å². The quantitative estimate of drug-likeness (QED) is 0.210. The molecule has 28 heavy (non-hydrogen) atoms. The Morgan fingerprint density at radius 1 is 1.25 bits per heavy atom. The predicted octanol–water partition coefficient (Wildman–Crippen LogP) is 5.66. The Morgan fingerprint density at radius 3 is 2.46 bits per heavy atom. The lowest BCUT2D eigenvalue weighted by atomic mass is 9.66. The number of non-ortho nitro benzene ring substituents is 1. The number of benzene rings is 1. The van der Waals surface area contributed by atoms with Crippen LogP contribution in [0, 0.1) is 15.5 Å². The number of nitro groups is 1. The van der Waals surface area contributed by atoms with E-state index in [-0.39, 0.29) is 27.9 Å². The number of ether oxygens (including phenoxy) is 1. The number of hydrogen-bond donors (Lipinski definition) is 0. The van der Waals surface area contributed by atoms with Gasteiger partial charge in [0, 0.05) is 29.5 Å². The molecule has 1 aromatic carbocycles. The highest BCUT2D eigenvalue weighted by molar-refractivity contribution is 5.82. The molecule has 0 saturated carbocycles. The number of esters is 1. The van der Waals surface area contributed by atoms with Crippen LogP contribution < -0.4 is 0 Å². The van der Waals surface area contributed by atoms with Crippen LogP contribution in [0.15, 0.2) is 71.4 Å². The van der Waals surface area contributed by atoms with E-state index in [9.17, 15) is 14.9 Å². The average molecular weight is 381 g/mol. The molecule has 1 aliphatic rings. The van der Waals surface area contributed by atoms with E-state index in [4.69, 9.17) is 4.74 Å². The summed E-state index contributed by atoms with van der Waals surface area (Å²) >= 11 is 0. The minimum Gasteiger partial charge on any atom is -0.463 e. The van der Waals surface area contributed by atoms with E-state index in [1.807, 2.05) is 19.1 Å². The van der Waals surface area contributed by atoms with Crippen molar-refractivity contribution in [3.05, 3.63) is 87.0 Å². The lowest BCUT2D eigenvalue weighted by Gasteiger charge is -2.38. The maximum Gasteiger partial charge on any atom is 0.330 e. The molecule has 0 bridgehead atoms. The Bertz CT molecular complexity index is 874. The Kier molecular flexibility index (Phi) is 6.73. The Morgan fingerprint density at radius 2 is 1.89 bits per heavy atom. The minimum atomic E-state index is -0.388. The highest BCUT2D eigenvalue weighted by Gasteiger charge is 2.35. The number of carbonyl (C=O) groups is 1. The highest BCUT2D eigenvalue weighted by atomic mass is 16.6. The van der Waals surface area contributed by atoms with Gasteiger partial charge in [0.25, 0.3) is 5.69 Å². The molecule has 0 saturated heterocycles. The van der Waals surface area contributed by atoms with Crippen molar-refractivity contribution in [2.24, 2.45) is 5.41 Å². The summed E-state index contributed by atoms with van der Waals surface area (Å²) in [7, 11) is 0. The zero-order valence-corrected chi connectivity index (χ0v) is 17.1. The van der Waals surface area contributed by atoms with E-state index in [1.54, 1.807) is 25.1 Å². The fraction of sp³-hybridized carbons (Fsp3) is 0.348. The van der Waals surface area contributed by atoms with Crippen molar-refractivity contribution in [3.8, 4) is 0 Å². The first-order valence-electron chi connectivity index (χ1n) is 9.32. The lowest BCUT2D eigenvalue weighted by molar-refractivity contribution is -0.384. The van der Waals surface area contributed by atoms with E-state index in [0.717, 1.165) is 16.7 Å². The van der Waals surface area contributed by atoms with Crippen LogP contribution >= 0.6 is 0 Å². The number of hydrogen-bond acceptors (Lipinski definition) is 4. The fourth-order valence-corrected chi connectivity index (χ4v) is 4.01. The van der Waals surface area contributed by atoms with Crippen molar-refractivity contribution in [1.82, 2.24) is 0 Å². The summed E-state index contributed by atoms with van der Waals surface area (Å²) in [5.41, 5.74) is 4.07. The van der Waals surface area contributed by atoms with E-state index in [1.165, 1.54) is 11.6 Å². The summed E-state index contributed by atoms with van der Waals surface area (Å²) in [4.78, 5) is 22.2. The van der Waals surface area contributed by atoms with Gasteiger partial charge < -0.3 is 4.74 Å². The molecule has 5 heteroatoms. The number of nitro benzene ring substituents is 1. The molecule has 2 atom stereocenters. The Hall–Kier alpha value is -2.95. The maximum absolute atomic E-state index is 11.6. The van der Waals surface area contributed by atoms with Crippen LogP contribution in [0.4, 0.5) is 5.69 Å². The van der Waals surface area contributed by atoms with Crippen molar-refractivity contribution < 1.29 is 14.5 Å². The van der Waals surface area contributed by atoms with Gasteiger partial charge in [0.2, 0.25) is 0 Å². The molecule has 0 fully saturated rings. The predicted molar refractivity (Wildman–Crippen MR) is 111 cm³/mol. The third-order valence-electron chi connectivity index (χ3n) is 4.82. The molecule has 0 heterocycles. The highest BCUT2D eigenvalue weighted by Crippen LogP contribution is 2.48. The molecule has 0 radical (unpaired) electrons. The smallest absolute Gasteiger partial charge is 0.330 e. The first kappa shape index (κ1) is 21.4. The number of rotatable bonds is 6. The third kappa shape index (κ3) is 5.06. The van der Waals surface area contributed by atoms with Gasteiger partial charge in [0.1, 0.15) is 0 Å². The van der Waals surface area contributed by atoms with Crippen LogP contribution in [0.3, 0.4) is 0 Å². The van der Waals surface area contributed by atoms with Gasteiger partial charge in [-0.25, -0.2) is 4.79 Å². The normalized spacial score (nSPS) is 22.6. The molecular weight excluding hydrogens is 354 g/mol. The van der Waals surface area contributed by atoms with Gasteiger partial charge in [-0.1, -0.05) is 60.1 Å². The first-order valence-corrected chi connectivity index (χ1v) is 9.32. The van der Waals surface area contributed by atoms with Gasteiger partial charge in [-0.05, 0) is 33.3 Å². The number of carbonyl (C=O) groups excluding carboxylic acids is 1. The fourth-order valence-electron chi connectivity index (χ4n) is 4.01. The number of allylic oxidation sites excluding steroid dienone is 7. The second kappa shape index (κ2) is 8.83. The number of nitrogens with zero attached hydrogens (tertiary/aromatic N) is 1. The van der Waals surface area contributed by atoms with E-state index < -0.39 is 0 Å². The van der Waals surface area contributed by atoms with Gasteiger partial charge in [0.05, 0.1) is 11.5 Å². The molecule has 2 rings (SSSR count). The van der Waals surface area contributed by atoms with Gasteiger partial charge in [0.15, 0.2) is 0 Å². The minimum absolute atomic E-state index is 0.0444. The largest absolute Gasteiger partial charge is 0.463 e. The Labute approximate surface area is 166 Å². The standard InChI is InChI=1S/C23H27NO4/c1-6-28-21(25)12-7-16(2)14-23(5)15-17(3)13-18(4)22(23)19-8-10-20(11-9-19)24(26)27/h7-15,22H,6H2,1-5H3/b12-7+,16-14+/t22-,23-/m1/s1. The molecule has 148 valence electrons. The topological polar surface area (TPSA) is 69.4 Å². The summed E-state index contributed by atoms with van der Waals surface area (Å²) in [6.45, 7) is 10.3. The summed E-state index contributed by atoms with van der Waals surface area (Å²) in [5.74, 6) is -0.318. The van der Waals surface area contributed by atoms with Crippen LogP contribution in [0.25, 0.3) is 0 Å². The molecule has 0 spiro atoms. The monoisotopic (exact) mass is 381 g/mol. The Balaban J connectivity index is 2.42. The van der Waals surface area contributed by atoms with Gasteiger partial charge in [-0.15, -0.1) is 0 Å². The van der Waals surface area contributed by atoms with Gasteiger partial charge in [-0.3, -0.25) is 10.1 Å². The second-order valence-electron chi connectivity index (χ2n) is 7.40. The summed E-state index contributed by atoms with van der Waals surface area (Å²) < 4.78 is 4.93. The summed E-state index contributed by atoms with van der Waals surface area (Å²) in [6.07, 6.45) is 9.67. The molecule has 1 aromatic rings. The molecule has 0 aromatic heterocycles. The second-order valence-corrected chi connectivity index (χ2v) is 7.40. The maximum atomic E-state index is 11.6. The van der Waals surface area contributed by atoms with Gasteiger partial charge >= 0.3 is 5.97 Å². The zero-order chi connectivity index (χ0) is 20.9. The summed E-state index contributed by atoms with van der Waals surface area (Å²) in [6, 6.07) is 6.74. The lowest BCUT2D eigenvalue weighted by Crippen LogP contribution is -2.26. The summed E-state index contributed by atoms with van der Waals surface area (Å²) in [5, 5.41) is 11.0. The zero-order valence-electron chi connectivity index (χ0n) is 17.1. The van der Waals surface area contributed by atoms with Crippen LogP contribution in [0.2, 0.25) is 0 Å². The third-order valence-corrected chi connectivity index (χ3v) is 4.82. The van der Waals surface area contributed by atoms with Crippen LogP contribution in [0.5, 0.6) is 0 Å². The van der Waals surface area contributed by atoms with Crippen LogP contribution in [-0.4, -0.2) is 17.5 Å². The van der Waals surface area contributed by atoms with Crippen molar-refractivity contribution in [3.63, 3.8) is 0 Å². The van der Waals surface area contributed by atoms with Gasteiger partial charge in [-0.2, -0.15) is 0 Å². The van der Waals surface area contributed by atoms with Crippen LogP contribution in [0.1, 0.15) is 46.1 Å². The molecule has 0 unspecified atom stereocenters. The van der Waals surface area contributed by atoms with E-state index in [2.05, 4.69) is 39.0 Å². The van der Waals surface area contributed by atoms with Crippen molar-refractivity contribution in [2.45, 2.75) is 40.5 Å². The van der Waals surface area contributed by atoms with Crippen molar-refractivity contribution >= 4 is 11.7 Å². The van der Waals surface area contributed by atoms with E-state index >= 15 is 0 Å². The molecule has 5 nitrogen and oxygen atoms in total.